The molecule has 1 saturated carbocycles. The maximum atomic E-state index is 4.95. The average molecular weight is 216 g/mol. The largest absolute Gasteiger partial charge is 0.312 e. The summed E-state index contributed by atoms with van der Waals surface area (Å²) in [5.74, 6) is 0.746. The molecule has 1 aromatic rings. The first kappa shape index (κ1) is 10.3. The Morgan fingerprint density at radius 3 is 2.81 bits per heavy atom. The van der Waals surface area contributed by atoms with Crippen molar-refractivity contribution in [2.75, 3.05) is 6.54 Å². The molecule has 0 saturated heterocycles. The first-order valence-electron chi connectivity index (χ1n) is 6.38. The van der Waals surface area contributed by atoms with Crippen LogP contribution in [0, 0.1) is 0 Å². The molecular weight excluding hydrogens is 196 g/mol. The van der Waals surface area contributed by atoms with E-state index in [-0.39, 0.29) is 5.41 Å². The van der Waals surface area contributed by atoms with Crippen LogP contribution in [0.1, 0.15) is 56.0 Å². The molecule has 1 N–H and O–H groups in total. The Bertz CT molecular complexity index is 405. The highest BCUT2D eigenvalue weighted by Gasteiger charge is 2.30. The molecule has 0 amide bonds. The second-order valence-corrected chi connectivity index (χ2v) is 5.86. The van der Waals surface area contributed by atoms with Gasteiger partial charge in [0.15, 0.2) is 0 Å². The summed E-state index contributed by atoms with van der Waals surface area (Å²) in [6.45, 7) is 6.60. The normalized spacial score (nSPS) is 23.6. The fourth-order valence-corrected chi connectivity index (χ4v) is 2.76. The number of hydrogen-bond acceptors (Lipinski definition) is 2. The molecule has 3 rings (SSSR count). The van der Waals surface area contributed by atoms with Crippen molar-refractivity contribution in [3.8, 4) is 0 Å². The molecular formula is C14H20N2. The molecule has 2 aliphatic rings. The van der Waals surface area contributed by atoms with Gasteiger partial charge in [-0.2, -0.15) is 0 Å². The van der Waals surface area contributed by atoms with Gasteiger partial charge < -0.3 is 5.32 Å². The Hall–Kier alpha value is -0.890. The van der Waals surface area contributed by atoms with Crippen LogP contribution >= 0.6 is 0 Å². The van der Waals surface area contributed by atoms with Crippen LogP contribution in [-0.2, 0) is 12.0 Å². The molecule has 2 heteroatoms. The van der Waals surface area contributed by atoms with Gasteiger partial charge in [-0.3, -0.25) is 4.98 Å². The van der Waals surface area contributed by atoms with Gasteiger partial charge in [-0.1, -0.05) is 26.3 Å². The molecule has 1 fully saturated rings. The fourth-order valence-electron chi connectivity index (χ4n) is 2.76. The van der Waals surface area contributed by atoms with Crippen LogP contribution in [0.5, 0.6) is 0 Å². The summed E-state index contributed by atoms with van der Waals surface area (Å²) in [4.78, 5) is 4.95. The number of aromatic nitrogens is 1. The number of fused-ring (bicyclic) bond motifs is 1. The predicted molar refractivity (Wildman–Crippen MR) is 65.6 cm³/mol. The lowest BCUT2D eigenvalue weighted by Crippen LogP contribution is -2.39. The third-order valence-corrected chi connectivity index (χ3v) is 4.05. The van der Waals surface area contributed by atoms with Crippen molar-refractivity contribution in [3.05, 3.63) is 29.1 Å². The van der Waals surface area contributed by atoms with Gasteiger partial charge in [0.2, 0.25) is 0 Å². The molecule has 1 aliphatic carbocycles. The molecule has 0 radical (unpaired) electrons. The molecule has 16 heavy (non-hydrogen) atoms. The highest BCUT2D eigenvalue weighted by atomic mass is 14.9. The van der Waals surface area contributed by atoms with Crippen molar-refractivity contribution in [3.63, 3.8) is 0 Å². The minimum absolute atomic E-state index is 0.188. The van der Waals surface area contributed by atoms with E-state index >= 15 is 0 Å². The number of nitrogens with one attached hydrogen (secondary N) is 1. The minimum Gasteiger partial charge on any atom is -0.312 e. The molecule has 0 atom stereocenters. The van der Waals surface area contributed by atoms with Crippen LogP contribution < -0.4 is 5.32 Å². The number of nitrogens with zero attached hydrogens (tertiary/aromatic N) is 1. The van der Waals surface area contributed by atoms with Gasteiger partial charge in [-0.05, 0) is 24.5 Å². The van der Waals surface area contributed by atoms with E-state index in [1.54, 1.807) is 0 Å². The zero-order valence-corrected chi connectivity index (χ0v) is 10.2. The molecule has 2 nitrogen and oxygen atoms in total. The van der Waals surface area contributed by atoms with Gasteiger partial charge in [0.05, 0.1) is 5.69 Å². The molecule has 0 unspecified atom stereocenters. The number of hydrogen-bond donors (Lipinski definition) is 1. The Morgan fingerprint density at radius 1 is 1.31 bits per heavy atom. The van der Waals surface area contributed by atoms with E-state index in [9.17, 15) is 0 Å². The van der Waals surface area contributed by atoms with Gasteiger partial charge in [-0.25, -0.2) is 0 Å². The van der Waals surface area contributed by atoms with Gasteiger partial charge in [0.1, 0.15) is 0 Å². The number of pyridine rings is 1. The van der Waals surface area contributed by atoms with Crippen molar-refractivity contribution in [2.45, 2.75) is 51.0 Å². The highest BCUT2D eigenvalue weighted by molar-refractivity contribution is 5.32. The average Bonchev–Trinajstić information content (AvgIpc) is 2.16. The van der Waals surface area contributed by atoms with Crippen LogP contribution in [0.2, 0.25) is 0 Å². The van der Waals surface area contributed by atoms with Crippen molar-refractivity contribution in [2.24, 2.45) is 0 Å². The Labute approximate surface area is 97.5 Å². The quantitative estimate of drug-likeness (QED) is 0.780. The Morgan fingerprint density at radius 2 is 2.12 bits per heavy atom. The summed E-state index contributed by atoms with van der Waals surface area (Å²) in [6.07, 6.45) is 4.06. The molecule has 0 spiro atoms. The summed E-state index contributed by atoms with van der Waals surface area (Å²) in [7, 11) is 0. The van der Waals surface area contributed by atoms with Crippen LogP contribution in [0.4, 0.5) is 0 Å². The molecule has 1 aliphatic heterocycles. The van der Waals surface area contributed by atoms with Crippen LogP contribution in [0.15, 0.2) is 12.1 Å². The molecule has 1 aromatic heterocycles. The maximum Gasteiger partial charge on any atom is 0.0520 e. The van der Waals surface area contributed by atoms with Gasteiger partial charge in [-0.15, -0.1) is 0 Å². The van der Waals surface area contributed by atoms with Crippen LogP contribution in [-0.4, -0.2) is 11.5 Å². The second-order valence-electron chi connectivity index (χ2n) is 5.86. The standard InChI is InChI=1S/C14H20N2/c1-14(2)9-15-8-11-6-7-12(16-13(11)14)10-4-3-5-10/h6-7,10,15H,3-5,8-9H2,1-2H3. The predicted octanol–water partition coefficient (Wildman–Crippen LogP) is 2.73. The van der Waals surface area contributed by atoms with E-state index in [0.717, 1.165) is 19.0 Å². The lowest BCUT2D eigenvalue weighted by molar-refractivity contribution is 0.392. The van der Waals surface area contributed by atoms with E-state index in [1.807, 2.05) is 0 Å². The van der Waals surface area contributed by atoms with Crippen molar-refractivity contribution < 1.29 is 0 Å². The maximum absolute atomic E-state index is 4.95. The Balaban J connectivity index is 2.01. The van der Waals surface area contributed by atoms with E-state index in [2.05, 4.69) is 31.3 Å². The SMILES string of the molecule is CC1(C)CNCc2ccc(C3CCC3)nc21. The summed E-state index contributed by atoms with van der Waals surface area (Å²) in [5.41, 5.74) is 4.24. The number of rotatable bonds is 1. The minimum atomic E-state index is 0.188. The van der Waals surface area contributed by atoms with Crippen molar-refractivity contribution in [1.29, 1.82) is 0 Å². The third kappa shape index (κ3) is 1.56. The molecule has 2 heterocycles. The van der Waals surface area contributed by atoms with E-state index < -0.39 is 0 Å². The van der Waals surface area contributed by atoms with Crippen molar-refractivity contribution >= 4 is 0 Å². The zero-order valence-electron chi connectivity index (χ0n) is 10.2. The monoisotopic (exact) mass is 216 g/mol. The summed E-state index contributed by atoms with van der Waals surface area (Å²) in [5, 5.41) is 3.47. The summed E-state index contributed by atoms with van der Waals surface area (Å²) >= 11 is 0. The molecule has 86 valence electrons. The summed E-state index contributed by atoms with van der Waals surface area (Å²) in [6, 6.07) is 4.52. The lowest BCUT2D eigenvalue weighted by Gasteiger charge is -2.34. The fraction of sp³-hybridized carbons (Fsp3) is 0.643. The van der Waals surface area contributed by atoms with Gasteiger partial charge >= 0.3 is 0 Å². The van der Waals surface area contributed by atoms with E-state index in [1.165, 1.54) is 36.2 Å². The first-order valence-corrected chi connectivity index (χ1v) is 6.38. The van der Waals surface area contributed by atoms with Crippen molar-refractivity contribution in [1.82, 2.24) is 10.3 Å². The lowest BCUT2D eigenvalue weighted by atomic mass is 9.80. The summed E-state index contributed by atoms with van der Waals surface area (Å²) < 4.78 is 0. The third-order valence-electron chi connectivity index (χ3n) is 4.05. The van der Waals surface area contributed by atoms with Crippen LogP contribution in [0.3, 0.4) is 0 Å². The zero-order chi connectivity index (χ0) is 11.2. The first-order chi connectivity index (χ1) is 7.67. The van der Waals surface area contributed by atoms with E-state index in [0.29, 0.717) is 0 Å². The van der Waals surface area contributed by atoms with Crippen LogP contribution in [0.25, 0.3) is 0 Å². The smallest absolute Gasteiger partial charge is 0.0520 e. The van der Waals surface area contributed by atoms with E-state index in [4.69, 9.17) is 4.98 Å². The molecule has 0 aromatic carbocycles. The topological polar surface area (TPSA) is 24.9 Å². The highest BCUT2D eigenvalue weighted by Crippen LogP contribution is 2.37. The Kier molecular flexibility index (Phi) is 2.28. The van der Waals surface area contributed by atoms with Gasteiger partial charge in [0, 0.05) is 30.1 Å². The molecule has 0 bridgehead atoms. The second kappa shape index (κ2) is 3.56. The van der Waals surface area contributed by atoms with Gasteiger partial charge in [0.25, 0.3) is 0 Å².